The van der Waals surface area contributed by atoms with Gasteiger partial charge in [0.05, 0.1) is 30.3 Å². The monoisotopic (exact) mass is 302 g/mol. The number of rotatable bonds is 5. The molecule has 0 bridgehead atoms. The fraction of sp³-hybridized carbons (Fsp3) is 0.529. The number of hydrogen-bond acceptors (Lipinski definition) is 5. The maximum absolute atomic E-state index is 11.8. The van der Waals surface area contributed by atoms with Gasteiger partial charge >= 0.3 is 5.97 Å². The molecule has 0 aromatic heterocycles. The topological polar surface area (TPSA) is 73.6 Å². The van der Waals surface area contributed by atoms with E-state index in [-0.39, 0.29) is 11.9 Å². The first-order valence-electron chi connectivity index (χ1n) is 7.71. The standard InChI is InChI=1S/C17H22N2O3/c1-2-22-17(21)15-4-3-9-19(11-15)12-16(20)14-7-5-13(10-18)6-8-14/h5-8,15-16,20H,2-4,9,11-12H2,1H3. The largest absolute Gasteiger partial charge is 0.466 e. The Hall–Kier alpha value is -1.90. The molecule has 5 heteroatoms. The molecule has 2 rings (SSSR count). The van der Waals surface area contributed by atoms with Gasteiger partial charge in [-0.1, -0.05) is 12.1 Å². The van der Waals surface area contributed by atoms with Gasteiger partial charge in [0.25, 0.3) is 0 Å². The highest BCUT2D eigenvalue weighted by Crippen LogP contribution is 2.21. The fourth-order valence-electron chi connectivity index (χ4n) is 2.80. The molecule has 1 aliphatic rings. The second kappa shape index (κ2) is 7.92. The van der Waals surface area contributed by atoms with E-state index in [0.717, 1.165) is 24.9 Å². The molecule has 1 heterocycles. The van der Waals surface area contributed by atoms with Crippen molar-refractivity contribution in [2.24, 2.45) is 5.92 Å². The zero-order valence-corrected chi connectivity index (χ0v) is 12.9. The maximum atomic E-state index is 11.8. The number of esters is 1. The van der Waals surface area contributed by atoms with Crippen molar-refractivity contribution in [3.63, 3.8) is 0 Å². The van der Waals surface area contributed by atoms with Crippen molar-refractivity contribution in [2.45, 2.75) is 25.9 Å². The van der Waals surface area contributed by atoms with E-state index in [9.17, 15) is 9.90 Å². The Bertz CT molecular complexity index is 536. The summed E-state index contributed by atoms with van der Waals surface area (Å²) in [6, 6.07) is 9.02. The summed E-state index contributed by atoms with van der Waals surface area (Å²) in [5.74, 6) is -0.234. The number of aliphatic hydroxyl groups excluding tert-OH is 1. The van der Waals surface area contributed by atoms with Gasteiger partial charge in [0.15, 0.2) is 0 Å². The Morgan fingerprint density at radius 3 is 2.86 bits per heavy atom. The molecule has 2 atom stereocenters. The SMILES string of the molecule is CCOC(=O)C1CCCN(CC(O)c2ccc(C#N)cc2)C1. The van der Waals surface area contributed by atoms with Gasteiger partial charge in [0.2, 0.25) is 0 Å². The average Bonchev–Trinajstić information content (AvgIpc) is 2.55. The minimum absolute atomic E-state index is 0.0955. The number of nitriles is 1. The first-order chi connectivity index (χ1) is 10.6. The number of nitrogens with zero attached hydrogens (tertiary/aromatic N) is 2. The van der Waals surface area contributed by atoms with E-state index >= 15 is 0 Å². The van der Waals surface area contributed by atoms with Gasteiger partial charge in [-0.25, -0.2) is 0 Å². The van der Waals surface area contributed by atoms with Crippen molar-refractivity contribution < 1.29 is 14.6 Å². The van der Waals surface area contributed by atoms with Gasteiger partial charge in [-0.2, -0.15) is 5.26 Å². The number of carbonyl (C=O) groups excluding carboxylic acids is 1. The van der Waals surface area contributed by atoms with Gasteiger partial charge in [0.1, 0.15) is 0 Å². The second-order valence-corrected chi connectivity index (χ2v) is 5.60. The van der Waals surface area contributed by atoms with E-state index in [2.05, 4.69) is 11.0 Å². The lowest BCUT2D eigenvalue weighted by atomic mass is 9.97. The highest BCUT2D eigenvalue weighted by atomic mass is 16.5. The van der Waals surface area contributed by atoms with Crippen molar-refractivity contribution in [3.8, 4) is 6.07 Å². The van der Waals surface area contributed by atoms with Crippen LogP contribution in [0.3, 0.4) is 0 Å². The molecule has 1 aliphatic heterocycles. The van der Waals surface area contributed by atoms with E-state index in [1.807, 2.05) is 6.92 Å². The number of β-amino-alcohol motifs (C(OH)–C–C–N with tert-alkyl or cyclic N) is 1. The Morgan fingerprint density at radius 1 is 1.50 bits per heavy atom. The average molecular weight is 302 g/mol. The Labute approximate surface area is 131 Å². The van der Waals surface area contributed by atoms with Crippen LogP contribution in [0.5, 0.6) is 0 Å². The number of aliphatic hydroxyl groups is 1. The van der Waals surface area contributed by atoms with E-state index in [1.54, 1.807) is 24.3 Å². The van der Waals surface area contributed by atoms with E-state index < -0.39 is 6.10 Å². The lowest BCUT2D eigenvalue weighted by molar-refractivity contribution is -0.150. The summed E-state index contributed by atoms with van der Waals surface area (Å²) >= 11 is 0. The molecule has 1 aromatic carbocycles. The van der Waals surface area contributed by atoms with Crippen LogP contribution in [0.25, 0.3) is 0 Å². The molecule has 1 saturated heterocycles. The number of piperidine rings is 1. The van der Waals surface area contributed by atoms with Crippen molar-refractivity contribution in [2.75, 3.05) is 26.2 Å². The molecule has 2 unspecified atom stereocenters. The molecular weight excluding hydrogens is 280 g/mol. The highest BCUT2D eigenvalue weighted by Gasteiger charge is 2.27. The first-order valence-corrected chi connectivity index (χ1v) is 7.71. The Kier molecular flexibility index (Phi) is 5.93. The second-order valence-electron chi connectivity index (χ2n) is 5.60. The van der Waals surface area contributed by atoms with Crippen LogP contribution in [0.2, 0.25) is 0 Å². The quantitative estimate of drug-likeness (QED) is 0.841. The molecule has 0 amide bonds. The molecule has 0 radical (unpaired) electrons. The molecule has 0 aliphatic carbocycles. The minimum Gasteiger partial charge on any atom is -0.466 e. The number of benzene rings is 1. The zero-order chi connectivity index (χ0) is 15.9. The van der Waals surface area contributed by atoms with Crippen molar-refractivity contribution >= 4 is 5.97 Å². The third-order valence-corrected chi connectivity index (χ3v) is 3.98. The van der Waals surface area contributed by atoms with Crippen LogP contribution >= 0.6 is 0 Å². The number of carbonyl (C=O) groups is 1. The summed E-state index contributed by atoms with van der Waals surface area (Å²) in [5, 5.41) is 19.1. The molecular formula is C17H22N2O3. The van der Waals surface area contributed by atoms with Gasteiger partial charge in [0, 0.05) is 13.1 Å². The Morgan fingerprint density at radius 2 is 2.23 bits per heavy atom. The van der Waals surface area contributed by atoms with Gasteiger partial charge in [-0.3, -0.25) is 9.69 Å². The predicted molar refractivity (Wildman–Crippen MR) is 81.9 cm³/mol. The third-order valence-electron chi connectivity index (χ3n) is 3.98. The highest BCUT2D eigenvalue weighted by molar-refractivity contribution is 5.72. The van der Waals surface area contributed by atoms with Crippen molar-refractivity contribution in [3.05, 3.63) is 35.4 Å². The Balaban J connectivity index is 1.91. The summed E-state index contributed by atoms with van der Waals surface area (Å²) < 4.78 is 5.09. The molecule has 0 spiro atoms. The number of ether oxygens (including phenoxy) is 1. The van der Waals surface area contributed by atoms with Crippen LogP contribution in [0.15, 0.2) is 24.3 Å². The number of hydrogen-bond donors (Lipinski definition) is 1. The summed E-state index contributed by atoms with van der Waals surface area (Å²) in [4.78, 5) is 13.9. The predicted octanol–water partition coefficient (Wildman–Crippen LogP) is 1.87. The van der Waals surface area contributed by atoms with E-state index in [1.165, 1.54) is 0 Å². The third kappa shape index (κ3) is 4.30. The smallest absolute Gasteiger partial charge is 0.310 e. The van der Waals surface area contributed by atoms with Crippen LogP contribution in [0.1, 0.15) is 37.0 Å². The number of likely N-dealkylation sites (tertiary alicyclic amines) is 1. The molecule has 1 N–H and O–H groups in total. The van der Waals surface area contributed by atoms with Crippen molar-refractivity contribution in [1.29, 1.82) is 5.26 Å². The zero-order valence-electron chi connectivity index (χ0n) is 12.9. The fourth-order valence-corrected chi connectivity index (χ4v) is 2.80. The van der Waals surface area contributed by atoms with Crippen molar-refractivity contribution in [1.82, 2.24) is 4.90 Å². The van der Waals surface area contributed by atoms with Gasteiger partial charge < -0.3 is 9.84 Å². The summed E-state index contributed by atoms with van der Waals surface area (Å²) in [5.41, 5.74) is 1.37. The van der Waals surface area contributed by atoms with Crippen LogP contribution < -0.4 is 0 Å². The van der Waals surface area contributed by atoms with Crippen LogP contribution in [-0.2, 0) is 9.53 Å². The van der Waals surface area contributed by atoms with Crippen LogP contribution in [0, 0.1) is 17.2 Å². The van der Waals surface area contributed by atoms with E-state index in [4.69, 9.17) is 10.00 Å². The summed E-state index contributed by atoms with van der Waals surface area (Å²) in [6.45, 7) is 4.22. The maximum Gasteiger partial charge on any atom is 0.310 e. The lowest BCUT2D eigenvalue weighted by Crippen LogP contribution is -2.41. The molecule has 0 saturated carbocycles. The normalized spacial score (nSPS) is 20.1. The first kappa shape index (κ1) is 16.5. The van der Waals surface area contributed by atoms with E-state index in [0.29, 0.717) is 25.3 Å². The van der Waals surface area contributed by atoms with Crippen LogP contribution in [-0.4, -0.2) is 42.2 Å². The summed E-state index contributed by atoms with van der Waals surface area (Å²) in [7, 11) is 0. The lowest BCUT2D eigenvalue weighted by Gasteiger charge is -2.32. The molecule has 22 heavy (non-hydrogen) atoms. The van der Waals surface area contributed by atoms with Crippen LogP contribution in [0.4, 0.5) is 0 Å². The minimum atomic E-state index is -0.617. The molecule has 5 nitrogen and oxygen atoms in total. The molecule has 1 fully saturated rings. The molecule has 118 valence electrons. The van der Waals surface area contributed by atoms with Gasteiger partial charge in [-0.05, 0) is 44.0 Å². The summed E-state index contributed by atoms with van der Waals surface area (Å²) in [6.07, 6.45) is 1.17. The van der Waals surface area contributed by atoms with Gasteiger partial charge in [-0.15, -0.1) is 0 Å². The molecule has 1 aromatic rings.